The van der Waals surface area contributed by atoms with Crippen LogP contribution in [0.2, 0.25) is 0 Å². The lowest BCUT2D eigenvalue weighted by molar-refractivity contribution is -0.384. The average molecular weight is 424 g/mol. The molecule has 1 atom stereocenters. The molecule has 2 aromatic carbocycles. The van der Waals surface area contributed by atoms with Crippen molar-refractivity contribution in [2.75, 3.05) is 48.3 Å². The smallest absolute Gasteiger partial charge is 0.271 e. The normalized spacial score (nSPS) is 17.8. The number of rotatable bonds is 8. The van der Waals surface area contributed by atoms with Gasteiger partial charge in [-0.05, 0) is 49.9 Å². The fourth-order valence-electron chi connectivity index (χ4n) is 3.91. The summed E-state index contributed by atoms with van der Waals surface area (Å²) in [5.74, 6) is 0.674. The van der Waals surface area contributed by atoms with Gasteiger partial charge in [-0.3, -0.25) is 19.8 Å². The summed E-state index contributed by atoms with van der Waals surface area (Å²) in [6.07, 6.45) is 2.78. The molecule has 8 nitrogen and oxygen atoms in total. The number of carbonyl (C=O) groups excluding carboxylic acids is 1. The maximum absolute atomic E-state index is 12.6. The van der Waals surface area contributed by atoms with Gasteiger partial charge >= 0.3 is 0 Å². The highest BCUT2D eigenvalue weighted by molar-refractivity contribution is 5.96. The minimum absolute atomic E-state index is 0.0525. The van der Waals surface area contributed by atoms with Crippen molar-refractivity contribution in [1.29, 1.82) is 0 Å². The maximum Gasteiger partial charge on any atom is 0.271 e. The number of nitrogens with one attached hydrogen (secondary N) is 2. The number of hydrogen-bond donors (Lipinski definition) is 2. The van der Waals surface area contributed by atoms with Gasteiger partial charge in [0.15, 0.2) is 0 Å². The van der Waals surface area contributed by atoms with Gasteiger partial charge in [-0.2, -0.15) is 0 Å². The molecule has 1 aliphatic heterocycles. The molecular weight excluding hydrogens is 394 g/mol. The number of piperazine rings is 1. The molecule has 2 fully saturated rings. The van der Waals surface area contributed by atoms with E-state index in [0.717, 1.165) is 43.5 Å². The molecule has 1 unspecified atom stereocenters. The van der Waals surface area contributed by atoms with Crippen LogP contribution in [-0.2, 0) is 4.79 Å². The maximum atomic E-state index is 12.6. The van der Waals surface area contributed by atoms with Crippen LogP contribution in [0.15, 0.2) is 48.5 Å². The van der Waals surface area contributed by atoms with E-state index in [1.165, 1.54) is 31.5 Å². The van der Waals surface area contributed by atoms with Crippen LogP contribution in [0.3, 0.4) is 0 Å². The Labute approximate surface area is 182 Å². The molecule has 31 heavy (non-hydrogen) atoms. The largest absolute Gasteiger partial charge is 0.374 e. The van der Waals surface area contributed by atoms with Crippen LogP contribution < -0.4 is 15.5 Å². The Hall–Kier alpha value is -3.13. The van der Waals surface area contributed by atoms with Gasteiger partial charge in [-0.15, -0.1) is 0 Å². The Kier molecular flexibility index (Phi) is 6.36. The minimum atomic E-state index is -0.495. The van der Waals surface area contributed by atoms with Crippen LogP contribution in [0, 0.1) is 16.0 Å². The summed E-state index contributed by atoms with van der Waals surface area (Å²) in [6.45, 7) is 7.23. The number of non-ortho nitro benzene ring substituents is 1. The number of carbonyl (C=O) groups is 1. The quantitative estimate of drug-likeness (QED) is 0.498. The topological polar surface area (TPSA) is 90.8 Å². The third kappa shape index (κ3) is 5.73. The molecule has 1 amide bonds. The first-order valence-electron chi connectivity index (χ1n) is 10.9. The first kappa shape index (κ1) is 21.1. The zero-order chi connectivity index (χ0) is 21.8. The number of nitro benzene ring substituents is 1. The van der Waals surface area contributed by atoms with Gasteiger partial charge in [0.2, 0.25) is 5.91 Å². The fraction of sp³-hybridized carbons (Fsp3) is 0.435. The van der Waals surface area contributed by atoms with E-state index in [4.69, 9.17) is 0 Å². The van der Waals surface area contributed by atoms with Crippen LogP contribution in [-0.4, -0.2) is 54.5 Å². The van der Waals surface area contributed by atoms with E-state index >= 15 is 0 Å². The Morgan fingerprint density at radius 3 is 2.52 bits per heavy atom. The molecular formula is C23H29N5O3. The molecule has 1 saturated heterocycles. The predicted molar refractivity (Wildman–Crippen MR) is 123 cm³/mol. The first-order valence-corrected chi connectivity index (χ1v) is 10.9. The van der Waals surface area contributed by atoms with Crippen molar-refractivity contribution >= 4 is 28.7 Å². The van der Waals surface area contributed by atoms with Gasteiger partial charge in [-0.1, -0.05) is 12.1 Å². The van der Waals surface area contributed by atoms with E-state index in [-0.39, 0.29) is 11.6 Å². The predicted octanol–water partition coefficient (Wildman–Crippen LogP) is 3.57. The second-order valence-electron chi connectivity index (χ2n) is 8.44. The van der Waals surface area contributed by atoms with Crippen molar-refractivity contribution < 1.29 is 9.72 Å². The third-order valence-electron chi connectivity index (χ3n) is 5.90. The molecule has 2 N–H and O–H groups in total. The molecule has 2 aliphatic rings. The van der Waals surface area contributed by atoms with Crippen LogP contribution in [0.5, 0.6) is 0 Å². The third-order valence-corrected chi connectivity index (χ3v) is 5.90. The zero-order valence-electron chi connectivity index (χ0n) is 17.8. The number of hydrogen-bond acceptors (Lipinski definition) is 6. The summed E-state index contributed by atoms with van der Waals surface area (Å²) in [5, 5.41) is 16.9. The van der Waals surface area contributed by atoms with E-state index in [2.05, 4.69) is 32.6 Å². The van der Waals surface area contributed by atoms with Crippen LogP contribution in [0.1, 0.15) is 19.8 Å². The lowest BCUT2D eigenvalue weighted by Gasteiger charge is -2.36. The number of amides is 1. The molecule has 0 spiro atoms. The SMILES string of the molecule is CC(Nc1cccc(N2CCN(CC3CC3)CC2)c1)C(=O)Nc1cccc([N+](=O)[O-])c1. The molecule has 4 rings (SSSR count). The summed E-state index contributed by atoms with van der Waals surface area (Å²) >= 11 is 0. The molecule has 0 aromatic heterocycles. The summed E-state index contributed by atoms with van der Waals surface area (Å²) in [7, 11) is 0. The van der Waals surface area contributed by atoms with E-state index in [1.54, 1.807) is 19.1 Å². The summed E-state index contributed by atoms with van der Waals surface area (Å²) in [6, 6.07) is 13.6. The van der Waals surface area contributed by atoms with Crippen molar-refractivity contribution in [3.8, 4) is 0 Å². The van der Waals surface area contributed by atoms with Gasteiger partial charge < -0.3 is 15.5 Å². The van der Waals surface area contributed by atoms with Crippen molar-refractivity contribution in [1.82, 2.24) is 4.90 Å². The molecule has 8 heteroatoms. The molecule has 0 bridgehead atoms. The van der Waals surface area contributed by atoms with Crippen molar-refractivity contribution in [2.45, 2.75) is 25.8 Å². The van der Waals surface area contributed by atoms with E-state index < -0.39 is 11.0 Å². The number of nitro groups is 1. The summed E-state index contributed by atoms with van der Waals surface area (Å²) < 4.78 is 0. The number of benzene rings is 2. The highest BCUT2D eigenvalue weighted by atomic mass is 16.6. The second kappa shape index (κ2) is 9.34. The van der Waals surface area contributed by atoms with Crippen molar-refractivity contribution in [3.63, 3.8) is 0 Å². The Morgan fingerprint density at radius 2 is 1.81 bits per heavy atom. The second-order valence-corrected chi connectivity index (χ2v) is 8.44. The van der Waals surface area contributed by atoms with Crippen LogP contribution >= 0.6 is 0 Å². The lowest BCUT2D eigenvalue weighted by Crippen LogP contribution is -2.47. The summed E-state index contributed by atoms with van der Waals surface area (Å²) in [4.78, 5) is 28.0. The number of nitrogens with zero attached hydrogens (tertiary/aromatic N) is 3. The van der Waals surface area contributed by atoms with Gasteiger partial charge in [0.05, 0.1) is 4.92 Å². The monoisotopic (exact) mass is 423 g/mol. The van der Waals surface area contributed by atoms with Crippen LogP contribution in [0.4, 0.5) is 22.7 Å². The van der Waals surface area contributed by atoms with Crippen molar-refractivity contribution in [3.05, 3.63) is 58.6 Å². The Bertz CT molecular complexity index is 938. The molecule has 1 aliphatic carbocycles. The Morgan fingerprint density at radius 1 is 1.10 bits per heavy atom. The Balaban J connectivity index is 1.32. The van der Waals surface area contributed by atoms with Gasteiger partial charge in [-0.25, -0.2) is 0 Å². The average Bonchev–Trinajstić information content (AvgIpc) is 3.58. The van der Waals surface area contributed by atoms with E-state index in [1.807, 2.05) is 12.1 Å². The molecule has 2 aromatic rings. The highest BCUT2D eigenvalue weighted by Crippen LogP contribution is 2.30. The zero-order valence-corrected chi connectivity index (χ0v) is 17.8. The molecule has 164 valence electrons. The standard InChI is InChI=1S/C23H29N5O3/c1-17(23(29)25-20-5-3-7-22(15-20)28(30)31)24-19-4-2-6-21(14-19)27-12-10-26(11-13-27)16-18-8-9-18/h2-7,14-15,17-18,24H,8-13,16H2,1H3,(H,25,29). The van der Waals surface area contributed by atoms with Gasteiger partial charge in [0, 0.05) is 61.9 Å². The van der Waals surface area contributed by atoms with Gasteiger partial charge in [0.25, 0.3) is 5.69 Å². The molecule has 1 heterocycles. The van der Waals surface area contributed by atoms with Gasteiger partial charge in [0.1, 0.15) is 6.04 Å². The molecule has 0 radical (unpaired) electrons. The highest BCUT2D eigenvalue weighted by Gasteiger charge is 2.26. The van der Waals surface area contributed by atoms with Crippen molar-refractivity contribution in [2.24, 2.45) is 5.92 Å². The first-order chi connectivity index (χ1) is 15.0. The van der Waals surface area contributed by atoms with E-state index in [0.29, 0.717) is 5.69 Å². The fourth-order valence-corrected chi connectivity index (χ4v) is 3.91. The van der Waals surface area contributed by atoms with Crippen LogP contribution in [0.25, 0.3) is 0 Å². The summed E-state index contributed by atoms with van der Waals surface area (Å²) in [5.41, 5.74) is 2.39. The lowest BCUT2D eigenvalue weighted by atomic mass is 10.2. The minimum Gasteiger partial charge on any atom is -0.374 e. The van der Waals surface area contributed by atoms with E-state index in [9.17, 15) is 14.9 Å². The molecule has 1 saturated carbocycles. The number of anilines is 3.